The average Bonchev–Trinajstić information content (AvgIpc) is 2.59. The number of carbonyl (C=O) groups is 1. The summed E-state index contributed by atoms with van der Waals surface area (Å²) in [5, 5.41) is 0.273. The predicted octanol–water partition coefficient (Wildman–Crippen LogP) is 2.19. The summed E-state index contributed by atoms with van der Waals surface area (Å²) in [7, 11) is 0. The third-order valence-electron chi connectivity index (χ3n) is 1.98. The van der Waals surface area contributed by atoms with E-state index >= 15 is 0 Å². The Hall–Kier alpha value is -1.69. The molecule has 0 spiro atoms. The number of ether oxygens (including phenoxy) is 1. The van der Waals surface area contributed by atoms with Gasteiger partial charge in [0, 0.05) is 0 Å². The summed E-state index contributed by atoms with van der Waals surface area (Å²) < 4.78 is 18.9. The number of hydrogen-bond acceptors (Lipinski definition) is 5. The summed E-state index contributed by atoms with van der Waals surface area (Å²) in [6.45, 7) is 1.95. The number of nitrogens with zero attached hydrogens (tertiary/aromatic N) is 1. The van der Waals surface area contributed by atoms with Crippen LogP contribution in [0.3, 0.4) is 0 Å². The molecule has 6 heteroatoms. The van der Waals surface area contributed by atoms with Gasteiger partial charge in [-0.1, -0.05) is 11.3 Å². The highest BCUT2D eigenvalue weighted by Gasteiger charge is 2.13. The number of benzene rings is 1. The first-order valence-electron chi connectivity index (χ1n) is 4.64. The van der Waals surface area contributed by atoms with Gasteiger partial charge in [0.15, 0.2) is 10.9 Å². The molecule has 4 nitrogen and oxygen atoms in total. The van der Waals surface area contributed by atoms with Gasteiger partial charge >= 0.3 is 5.97 Å². The molecule has 1 aromatic carbocycles. The molecule has 0 bridgehead atoms. The quantitative estimate of drug-likeness (QED) is 0.817. The first kappa shape index (κ1) is 10.8. The highest BCUT2D eigenvalue weighted by Crippen LogP contribution is 2.27. The molecular weight excluding hydrogens is 231 g/mol. The number of halogens is 1. The van der Waals surface area contributed by atoms with Gasteiger partial charge in [0.05, 0.1) is 16.9 Å². The van der Waals surface area contributed by atoms with Gasteiger partial charge in [-0.15, -0.1) is 0 Å². The van der Waals surface area contributed by atoms with E-state index in [2.05, 4.69) is 4.98 Å². The highest BCUT2D eigenvalue weighted by atomic mass is 32.1. The molecule has 0 amide bonds. The van der Waals surface area contributed by atoms with Crippen molar-refractivity contribution in [3.63, 3.8) is 0 Å². The van der Waals surface area contributed by atoms with Gasteiger partial charge in [0.2, 0.25) is 0 Å². The molecule has 0 atom stereocenters. The number of anilines is 1. The molecule has 2 N–H and O–H groups in total. The maximum absolute atomic E-state index is 13.5. The number of thiazole rings is 1. The van der Waals surface area contributed by atoms with Crippen molar-refractivity contribution in [3.8, 4) is 0 Å². The maximum atomic E-state index is 13.5. The van der Waals surface area contributed by atoms with Gasteiger partial charge in [-0.2, -0.15) is 0 Å². The smallest absolute Gasteiger partial charge is 0.338 e. The van der Waals surface area contributed by atoms with Crippen molar-refractivity contribution in [2.24, 2.45) is 0 Å². The van der Waals surface area contributed by atoms with Crippen LogP contribution in [0.15, 0.2) is 12.1 Å². The number of rotatable bonds is 2. The van der Waals surface area contributed by atoms with Crippen molar-refractivity contribution in [1.29, 1.82) is 0 Å². The van der Waals surface area contributed by atoms with Crippen LogP contribution in [0.4, 0.5) is 9.52 Å². The zero-order chi connectivity index (χ0) is 11.7. The average molecular weight is 240 g/mol. The van der Waals surface area contributed by atoms with Crippen LogP contribution in [-0.2, 0) is 4.74 Å². The Morgan fingerprint density at radius 1 is 1.62 bits per heavy atom. The van der Waals surface area contributed by atoms with E-state index in [9.17, 15) is 9.18 Å². The van der Waals surface area contributed by atoms with Crippen molar-refractivity contribution >= 4 is 32.7 Å². The first-order valence-corrected chi connectivity index (χ1v) is 5.46. The fraction of sp³-hybridized carbons (Fsp3) is 0.200. The molecule has 84 valence electrons. The molecule has 2 rings (SSSR count). The highest BCUT2D eigenvalue weighted by molar-refractivity contribution is 7.22. The SMILES string of the molecule is CCOC(=O)c1cc(F)c2nc(N)sc2c1. The molecule has 0 unspecified atom stereocenters. The summed E-state index contributed by atoms with van der Waals surface area (Å²) in [6.07, 6.45) is 0. The zero-order valence-electron chi connectivity index (χ0n) is 8.49. The molecule has 0 fully saturated rings. The standard InChI is InChI=1S/C10H9FN2O2S/c1-2-15-9(14)5-3-6(11)8-7(4-5)16-10(12)13-8/h3-4H,2H2,1H3,(H2,12,13). The summed E-state index contributed by atoms with van der Waals surface area (Å²) in [6, 6.07) is 2.64. The van der Waals surface area contributed by atoms with Crippen molar-refractivity contribution in [3.05, 3.63) is 23.5 Å². The van der Waals surface area contributed by atoms with Crippen molar-refractivity contribution in [2.45, 2.75) is 6.92 Å². The van der Waals surface area contributed by atoms with Crippen LogP contribution in [0, 0.1) is 5.82 Å². The Kier molecular flexibility index (Phi) is 2.74. The number of nitrogens with two attached hydrogens (primary N) is 1. The molecule has 16 heavy (non-hydrogen) atoms. The summed E-state index contributed by atoms with van der Waals surface area (Å²) in [5.74, 6) is -1.11. The minimum Gasteiger partial charge on any atom is -0.462 e. The normalized spacial score (nSPS) is 10.6. The summed E-state index contributed by atoms with van der Waals surface area (Å²) >= 11 is 1.13. The summed E-state index contributed by atoms with van der Waals surface area (Å²) in [4.78, 5) is 15.2. The van der Waals surface area contributed by atoms with E-state index in [4.69, 9.17) is 10.5 Å². The van der Waals surface area contributed by atoms with Crippen LogP contribution in [-0.4, -0.2) is 17.6 Å². The lowest BCUT2D eigenvalue weighted by Gasteiger charge is -2.01. The molecule has 1 heterocycles. The van der Waals surface area contributed by atoms with Crippen LogP contribution < -0.4 is 5.73 Å². The van der Waals surface area contributed by atoms with E-state index in [0.29, 0.717) is 4.70 Å². The van der Waals surface area contributed by atoms with E-state index in [1.807, 2.05) is 0 Å². The van der Waals surface area contributed by atoms with Crippen LogP contribution in [0.2, 0.25) is 0 Å². The van der Waals surface area contributed by atoms with E-state index in [1.165, 1.54) is 6.07 Å². The molecule has 0 saturated heterocycles. The number of nitrogen functional groups attached to an aromatic ring is 1. The third kappa shape index (κ3) is 1.83. The molecule has 0 aliphatic heterocycles. The predicted molar refractivity (Wildman–Crippen MR) is 59.9 cm³/mol. The lowest BCUT2D eigenvalue weighted by atomic mass is 10.2. The monoisotopic (exact) mass is 240 g/mol. The fourth-order valence-corrected chi connectivity index (χ4v) is 2.13. The van der Waals surface area contributed by atoms with Crippen molar-refractivity contribution in [2.75, 3.05) is 12.3 Å². The topological polar surface area (TPSA) is 65.2 Å². The molecule has 0 aliphatic rings. The van der Waals surface area contributed by atoms with Crippen molar-refractivity contribution in [1.82, 2.24) is 4.98 Å². The lowest BCUT2D eigenvalue weighted by Crippen LogP contribution is -2.04. The molecule has 0 radical (unpaired) electrons. The van der Waals surface area contributed by atoms with E-state index in [-0.39, 0.29) is 22.8 Å². The Morgan fingerprint density at radius 3 is 3.06 bits per heavy atom. The van der Waals surface area contributed by atoms with Crippen LogP contribution in [0.25, 0.3) is 10.2 Å². The summed E-state index contributed by atoms with van der Waals surface area (Å²) in [5.41, 5.74) is 5.84. The Morgan fingerprint density at radius 2 is 2.38 bits per heavy atom. The van der Waals surface area contributed by atoms with Gasteiger partial charge in [0.25, 0.3) is 0 Å². The van der Waals surface area contributed by atoms with Gasteiger partial charge in [0.1, 0.15) is 5.52 Å². The largest absolute Gasteiger partial charge is 0.462 e. The number of hydrogen-bond donors (Lipinski definition) is 1. The van der Waals surface area contributed by atoms with Crippen LogP contribution >= 0.6 is 11.3 Å². The minimum absolute atomic E-state index is 0.176. The fourth-order valence-electron chi connectivity index (χ4n) is 1.34. The van der Waals surface area contributed by atoms with Gasteiger partial charge in [-0.05, 0) is 19.1 Å². The molecular formula is C10H9FN2O2S. The first-order chi connectivity index (χ1) is 7.61. The Bertz CT molecular complexity index is 553. The second-order valence-electron chi connectivity index (χ2n) is 3.08. The van der Waals surface area contributed by atoms with Crippen LogP contribution in [0.5, 0.6) is 0 Å². The number of carbonyl (C=O) groups excluding carboxylic acids is 1. The zero-order valence-corrected chi connectivity index (χ0v) is 9.31. The van der Waals surface area contributed by atoms with Gasteiger partial charge in [-0.25, -0.2) is 14.2 Å². The van der Waals surface area contributed by atoms with Gasteiger partial charge < -0.3 is 10.5 Å². The van der Waals surface area contributed by atoms with Gasteiger partial charge in [-0.3, -0.25) is 0 Å². The number of esters is 1. The Balaban J connectivity index is 2.53. The molecule has 0 aliphatic carbocycles. The van der Waals surface area contributed by atoms with Crippen molar-refractivity contribution < 1.29 is 13.9 Å². The Labute approximate surface area is 94.8 Å². The van der Waals surface area contributed by atoms with E-state index in [1.54, 1.807) is 6.92 Å². The van der Waals surface area contributed by atoms with E-state index in [0.717, 1.165) is 17.4 Å². The molecule has 0 saturated carbocycles. The second kappa shape index (κ2) is 4.05. The van der Waals surface area contributed by atoms with E-state index < -0.39 is 11.8 Å². The minimum atomic E-state index is -0.562. The molecule has 1 aromatic heterocycles. The third-order valence-corrected chi connectivity index (χ3v) is 2.81. The lowest BCUT2D eigenvalue weighted by molar-refractivity contribution is 0.0526. The number of aromatic nitrogens is 1. The molecule has 2 aromatic rings. The van der Waals surface area contributed by atoms with Crippen LogP contribution in [0.1, 0.15) is 17.3 Å². The second-order valence-corrected chi connectivity index (χ2v) is 4.14. The maximum Gasteiger partial charge on any atom is 0.338 e. The number of fused-ring (bicyclic) bond motifs is 1.